The second kappa shape index (κ2) is 7.99. The second-order valence-corrected chi connectivity index (χ2v) is 5.75. The quantitative estimate of drug-likeness (QED) is 0.756. The van der Waals surface area contributed by atoms with Crippen LogP contribution in [-0.2, 0) is 6.42 Å². The van der Waals surface area contributed by atoms with Crippen molar-refractivity contribution in [3.8, 4) is 0 Å². The van der Waals surface area contributed by atoms with Crippen molar-refractivity contribution >= 4 is 23.4 Å². The van der Waals surface area contributed by atoms with Crippen LogP contribution >= 0.6 is 23.4 Å². The molecule has 0 aliphatic carbocycles. The first-order valence-corrected chi connectivity index (χ1v) is 7.31. The summed E-state index contributed by atoms with van der Waals surface area (Å²) in [5.41, 5.74) is 7.09. The van der Waals surface area contributed by atoms with E-state index in [2.05, 4.69) is 13.0 Å². The zero-order valence-corrected chi connectivity index (χ0v) is 11.4. The minimum absolute atomic E-state index is 0.581. The van der Waals surface area contributed by atoms with Crippen molar-refractivity contribution in [1.82, 2.24) is 0 Å². The van der Waals surface area contributed by atoms with Crippen LogP contribution in [0.2, 0.25) is 5.02 Å². The Hall–Kier alpha value is -0.180. The maximum Gasteiger partial charge on any atom is 0.0408 e. The van der Waals surface area contributed by atoms with Crippen LogP contribution in [0.3, 0.4) is 0 Å². The molecule has 3 heteroatoms. The average molecular weight is 258 g/mol. The van der Waals surface area contributed by atoms with Crippen LogP contribution in [0, 0.1) is 5.92 Å². The molecule has 1 nitrogen and oxygen atoms in total. The fourth-order valence-electron chi connectivity index (χ4n) is 1.69. The largest absolute Gasteiger partial charge is 0.330 e. The van der Waals surface area contributed by atoms with Crippen LogP contribution in [0.1, 0.15) is 18.9 Å². The van der Waals surface area contributed by atoms with Gasteiger partial charge in [0.1, 0.15) is 0 Å². The zero-order chi connectivity index (χ0) is 11.8. The zero-order valence-electron chi connectivity index (χ0n) is 9.79. The average Bonchev–Trinajstić information content (AvgIpc) is 2.28. The molecule has 0 bridgehead atoms. The molecule has 0 aliphatic heterocycles. The van der Waals surface area contributed by atoms with Crippen molar-refractivity contribution in [3.63, 3.8) is 0 Å². The molecule has 16 heavy (non-hydrogen) atoms. The van der Waals surface area contributed by atoms with E-state index < -0.39 is 0 Å². The number of nitrogens with two attached hydrogens (primary N) is 1. The molecule has 2 N–H and O–H groups in total. The van der Waals surface area contributed by atoms with E-state index in [1.807, 2.05) is 30.0 Å². The van der Waals surface area contributed by atoms with E-state index in [4.69, 9.17) is 17.3 Å². The van der Waals surface area contributed by atoms with Gasteiger partial charge in [-0.2, -0.15) is 11.8 Å². The van der Waals surface area contributed by atoms with E-state index in [0.29, 0.717) is 5.92 Å². The number of thioether (sulfide) groups is 1. The van der Waals surface area contributed by atoms with Crippen LogP contribution in [0.15, 0.2) is 24.3 Å². The Morgan fingerprint density at radius 1 is 1.44 bits per heavy atom. The van der Waals surface area contributed by atoms with Gasteiger partial charge in [0.2, 0.25) is 0 Å². The molecule has 1 atom stereocenters. The Bertz CT molecular complexity index is 304. The molecular weight excluding hydrogens is 238 g/mol. The van der Waals surface area contributed by atoms with Gasteiger partial charge < -0.3 is 5.73 Å². The summed E-state index contributed by atoms with van der Waals surface area (Å²) in [6, 6.07) is 8.08. The lowest BCUT2D eigenvalue weighted by atomic mass is 9.97. The summed E-state index contributed by atoms with van der Waals surface area (Å²) >= 11 is 7.95. The van der Waals surface area contributed by atoms with E-state index in [0.717, 1.165) is 18.0 Å². The summed E-state index contributed by atoms with van der Waals surface area (Å²) in [7, 11) is 0. The summed E-state index contributed by atoms with van der Waals surface area (Å²) in [5, 5.41) is 0.816. The first kappa shape index (κ1) is 13.9. The van der Waals surface area contributed by atoms with Gasteiger partial charge in [0.15, 0.2) is 0 Å². The third kappa shape index (κ3) is 5.24. The summed E-state index contributed by atoms with van der Waals surface area (Å²) in [6.07, 6.45) is 2.24. The van der Waals surface area contributed by atoms with Gasteiger partial charge >= 0.3 is 0 Å². The minimum Gasteiger partial charge on any atom is -0.330 e. The fraction of sp³-hybridized carbons (Fsp3) is 0.538. The second-order valence-electron chi connectivity index (χ2n) is 3.92. The molecule has 0 saturated carbocycles. The molecule has 0 saturated heterocycles. The molecular formula is C13H20ClNS. The van der Waals surface area contributed by atoms with Crippen LogP contribution in [0.4, 0.5) is 0 Å². The van der Waals surface area contributed by atoms with Gasteiger partial charge in [0.05, 0.1) is 0 Å². The Kier molecular flexibility index (Phi) is 6.93. The van der Waals surface area contributed by atoms with E-state index in [9.17, 15) is 0 Å². The van der Waals surface area contributed by atoms with Gasteiger partial charge in [-0.05, 0) is 54.5 Å². The number of rotatable bonds is 7. The summed E-state index contributed by atoms with van der Waals surface area (Å²) in [5.74, 6) is 2.98. The number of halogens is 1. The van der Waals surface area contributed by atoms with E-state index in [-0.39, 0.29) is 0 Å². The standard InChI is InChI=1S/C13H20ClNS/c1-2-16-7-6-12(10-15)8-11-4-3-5-13(14)9-11/h3-5,9,12H,2,6-8,10,15H2,1H3. The first-order valence-electron chi connectivity index (χ1n) is 5.78. The van der Waals surface area contributed by atoms with Gasteiger partial charge in [0.25, 0.3) is 0 Å². The summed E-state index contributed by atoms with van der Waals surface area (Å²) in [4.78, 5) is 0. The topological polar surface area (TPSA) is 26.0 Å². The van der Waals surface area contributed by atoms with Crippen molar-refractivity contribution in [2.75, 3.05) is 18.1 Å². The summed E-state index contributed by atoms with van der Waals surface area (Å²) < 4.78 is 0. The number of benzene rings is 1. The molecule has 1 aromatic carbocycles. The highest BCUT2D eigenvalue weighted by Crippen LogP contribution is 2.17. The fourth-order valence-corrected chi connectivity index (χ4v) is 2.70. The molecule has 0 aliphatic rings. The number of hydrogen-bond donors (Lipinski definition) is 1. The lowest BCUT2D eigenvalue weighted by molar-refractivity contribution is 0.523. The first-order chi connectivity index (χ1) is 7.76. The third-order valence-corrected chi connectivity index (χ3v) is 3.79. The highest BCUT2D eigenvalue weighted by atomic mass is 35.5. The highest BCUT2D eigenvalue weighted by molar-refractivity contribution is 7.99. The maximum atomic E-state index is 5.96. The molecule has 0 radical (unpaired) electrons. The van der Waals surface area contributed by atoms with Crippen molar-refractivity contribution in [1.29, 1.82) is 0 Å². The molecule has 0 heterocycles. The Morgan fingerprint density at radius 2 is 2.25 bits per heavy atom. The molecule has 0 spiro atoms. The van der Waals surface area contributed by atoms with Crippen molar-refractivity contribution < 1.29 is 0 Å². The van der Waals surface area contributed by atoms with Gasteiger partial charge in [-0.15, -0.1) is 0 Å². The van der Waals surface area contributed by atoms with Crippen LogP contribution < -0.4 is 5.73 Å². The molecule has 0 aromatic heterocycles. The Balaban J connectivity index is 2.43. The predicted octanol–water partition coefficient (Wildman–Crippen LogP) is 3.60. The lowest BCUT2D eigenvalue weighted by Gasteiger charge is -2.14. The third-order valence-electron chi connectivity index (χ3n) is 2.62. The molecule has 1 rings (SSSR count). The monoisotopic (exact) mass is 257 g/mol. The Labute approximate surface area is 108 Å². The van der Waals surface area contributed by atoms with Gasteiger partial charge in [0, 0.05) is 5.02 Å². The molecule has 0 amide bonds. The minimum atomic E-state index is 0.581. The number of hydrogen-bond acceptors (Lipinski definition) is 2. The van der Waals surface area contributed by atoms with E-state index in [1.165, 1.54) is 23.5 Å². The maximum absolute atomic E-state index is 5.96. The predicted molar refractivity (Wildman–Crippen MR) is 75.3 cm³/mol. The van der Waals surface area contributed by atoms with Gasteiger partial charge in [-0.3, -0.25) is 0 Å². The van der Waals surface area contributed by atoms with Crippen LogP contribution in [-0.4, -0.2) is 18.1 Å². The molecule has 90 valence electrons. The van der Waals surface area contributed by atoms with Crippen molar-refractivity contribution in [2.24, 2.45) is 11.7 Å². The molecule has 1 aromatic rings. The Morgan fingerprint density at radius 3 is 2.88 bits per heavy atom. The lowest BCUT2D eigenvalue weighted by Crippen LogP contribution is -2.17. The van der Waals surface area contributed by atoms with Gasteiger partial charge in [-0.25, -0.2) is 0 Å². The van der Waals surface area contributed by atoms with Crippen LogP contribution in [0.25, 0.3) is 0 Å². The van der Waals surface area contributed by atoms with Gasteiger partial charge in [-0.1, -0.05) is 30.7 Å². The van der Waals surface area contributed by atoms with Crippen molar-refractivity contribution in [2.45, 2.75) is 19.8 Å². The SMILES string of the molecule is CCSCCC(CN)Cc1cccc(Cl)c1. The smallest absolute Gasteiger partial charge is 0.0408 e. The summed E-state index contributed by atoms with van der Waals surface area (Å²) in [6.45, 7) is 2.95. The van der Waals surface area contributed by atoms with Crippen LogP contribution in [0.5, 0.6) is 0 Å². The van der Waals surface area contributed by atoms with E-state index >= 15 is 0 Å². The normalized spacial score (nSPS) is 12.7. The van der Waals surface area contributed by atoms with E-state index in [1.54, 1.807) is 0 Å². The molecule has 1 unspecified atom stereocenters. The molecule has 0 fully saturated rings. The van der Waals surface area contributed by atoms with Crippen molar-refractivity contribution in [3.05, 3.63) is 34.9 Å². The highest BCUT2D eigenvalue weighted by Gasteiger charge is 2.07.